The van der Waals surface area contributed by atoms with Crippen LogP contribution < -0.4 is 10.6 Å². The van der Waals surface area contributed by atoms with Crippen LogP contribution in [0.1, 0.15) is 6.92 Å². The summed E-state index contributed by atoms with van der Waals surface area (Å²) in [4.78, 5) is 8.69. The van der Waals surface area contributed by atoms with Gasteiger partial charge in [-0.05, 0) is 36.4 Å². The molecule has 0 aliphatic rings. The molecule has 0 unspecified atom stereocenters. The molecule has 1 heterocycles. The molecule has 0 fully saturated rings. The molecule has 0 saturated heterocycles. The molecule has 0 spiro atoms. The third-order valence-corrected chi connectivity index (χ3v) is 7.94. The largest absolute Gasteiger partial charge is 0.340 e. The monoisotopic (exact) mass is 461 g/mol. The van der Waals surface area contributed by atoms with Gasteiger partial charge in [0.2, 0.25) is 10.0 Å². The number of anilines is 4. The molecule has 11 heteroatoms. The van der Waals surface area contributed by atoms with Crippen LogP contribution in [-0.2, 0) is 19.9 Å². The van der Waals surface area contributed by atoms with Gasteiger partial charge in [0.25, 0.3) is 0 Å². The van der Waals surface area contributed by atoms with Crippen molar-refractivity contribution in [3.05, 3.63) is 60.9 Å². The van der Waals surface area contributed by atoms with Gasteiger partial charge in [0, 0.05) is 31.5 Å². The average Bonchev–Trinajstić information content (AvgIpc) is 2.74. The number of aromatic nitrogens is 2. The number of sulfone groups is 1. The molecule has 0 radical (unpaired) electrons. The molecule has 1 aromatic heterocycles. The van der Waals surface area contributed by atoms with Crippen LogP contribution in [0.15, 0.2) is 70.7 Å². The third-order valence-electron chi connectivity index (χ3n) is 4.40. The lowest BCUT2D eigenvalue weighted by Crippen LogP contribution is -2.22. The highest BCUT2D eigenvalue weighted by Crippen LogP contribution is 2.23. The van der Waals surface area contributed by atoms with Gasteiger partial charge in [-0.3, -0.25) is 0 Å². The first-order valence-electron chi connectivity index (χ1n) is 9.33. The predicted octanol–water partition coefficient (Wildman–Crippen LogP) is 3.01. The standard InChI is InChI=1S/C20H23N5O4S2/c1-4-30(26,27)17-9-5-7-15(11-17)23-19-13-20(22-14-21-19)24-16-8-6-10-18(12-16)31(28,29)25(2)3/h5-14H,4H2,1-3H3,(H2,21,22,23,24). The highest BCUT2D eigenvalue weighted by atomic mass is 32.2. The number of sulfonamides is 1. The Balaban J connectivity index is 1.82. The number of nitrogens with one attached hydrogen (secondary N) is 2. The van der Waals surface area contributed by atoms with E-state index in [2.05, 4.69) is 20.6 Å². The summed E-state index contributed by atoms with van der Waals surface area (Å²) in [6.07, 6.45) is 1.34. The van der Waals surface area contributed by atoms with Crippen LogP contribution in [0.25, 0.3) is 0 Å². The molecule has 0 amide bonds. The van der Waals surface area contributed by atoms with Gasteiger partial charge in [0.15, 0.2) is 9.84 Å². The van der Waals surface area contributed by atoms with E-state index in [0.29, 0.717) is 23.0 Å². The first-order chi connectivity index (χ1) is 14.6. The van der Waals surface area contributed by atoms with E-state index in [1.165, 1.54) is 32.6 Å². The van der Waals surface area contributed by atoms with E-state index in [1.807, 2.05) is 0 Å². The van der Waals surface area contributed by atoms with Gasteiger partial charge >= 0.3 is 0 Å². The van der Waals surface area contributed by atoms with Crippen molar-refractivity contribution < 1.29 is 16.8 Å². The highest BCUT2D eigenvalue weighted by molar-refractivity contribution is 7.91. The summed E-state index contributed by atoms with van der Waals surface area (Å²) >= 11 is 0. The molecule has 0 bridgehead atoms. The van der Waals surface area contributed by atoms with Crippen LogP contribution >= 0.6 is 0 Å². The van der Waals surface area contributed by atoms with Gasteiger partial charge in [-0.1, -0.05) is 19.1 Å². The predicted molar refractivity (Wildman–Crippen MR) is 120 cm³/mol. The van der Waals surface area contributed by atoms with Crippen molar-refractivity contribution in [2.45, 2.75) is 16.7 Å². The van der Waals surface area contributed by atoms with Crippen LogP contribution in [0.2, 0.25) is 0 Å². The summed E-state index contributed by atoms with van der Waals surface area (Å²) in [5.74, 6) is 0.899. The third kappa shape index (κ3) is 5.37. The van der Waals surface area contributed by atoms with Crippen molar-refractivity contribution in [1.29, 1.82) is 0 Å². The van der Waals surface area contributed by atoms with Crippen molar-refractivity contribution in [2.75, 3.05) is 30.5 Å². The Bertz CT molecular complexity index is 1290. The van der Waals surface area contributed by atoms with Gasteiger partial charge in [-0.2, -0.15) is 0 Å². The zero-order chi connectivity index (χ0) is 22.6. The minimum absolute atomic E-state index is 0.0145. The molecular formula is C20H23N5O4S2. The lowest BCUT2D eigenvalue weighted by Gasteiger charge is -2.13. The van der Waals surface area contributed by atoms with E-state index >= 15 is 0 Å². The molecular weight excluding hydrogens is 438 g/mol. The molecule has 2 aromatic carbocycles. The van der Waals surface area contributed by atoms with Gasteiger partial charge in [0.05, 0.1) is 15.5 Å². The van der Waals surface area contributed by atoms with E-state index in [0.717, 1.165) is 4.31 Å². The van der Waals surface area contributed by atoms with Gasteiger partial charge in [-0.15, -0.1) is 0 Å². The molecule has 31 heavy (non-hydrogen) atoms. The Morgan fingerprint density at radius 2 is 1.32 bits per heavy atom. The Morgan fingerprint density at radius 3 is 1.84 bits per heavy atom. The van der Waals surface area contributed by atoms with Crippen LogP contribution in [0.5, 0.6) is 0 Å². The second-order valence-electron chi connectivity index (χ2n) is 6.79. The summed E-state index contributed by atoms with van der Waals surface area (Å²) in [5.41, 5.74) is 1.11. The van der Waals surface area contributed by atoms with Crippen LogP contribution in [0.4, 0.5) is 23.0 Å². The van der Waals surface area contributed by atoms with E-state index in [9.17, 15) is 16.8 Å². The molecule has 3 rings (SSSR count). The van der Waals surface area contributed by atoms with E-state index in [4.69, 9.17) is 0 Å². The minimum atomic E-state index is -3.56. The van der Waals surface area contributed by atoms with Crippen LogP contribution in [-0.4, -0.2) is 51.0 Å². The van der Waals surface area contributed by atoms with Crippen molar-refractivity contribution >= 4 is 42.9 Å². The topological polar surface area (TPSA) is 121 Å². The molecule has 164 valence electrons. The van der Waals surface area contributed by atoms with Crippen molar-refractivity contribution in [1.82, 2.24) is 14.3 Å². The molecule has 2 N–H and O–H groups in total. The minimum Gasteiger partial charge on any atom is -0.340 e. The molecule has 0 aliphatic heterocycles. The number of hydrogen-bond donors (Lipinski definition) is 2. The SMILES string of the molecule is CCS(=O)(=O)c1cccc(Nc2cc(Nc3cccc(S(=O)(=O)N(C)C)c3)ncn2)c1. The second-order valence-corrected chi connectivity index (χ2v) is 11.2. The zero-order valence-corrected chi connectivity index (χ0v) is 18.9. The molecule has 3 aromatic rings. The van der Waals surface area contributed by atoms with Gasteiger partial charge < -0.3 is 10.6 Å². The number of nitrogens with zero attached hydrogens (tertiary/aromatic N) is 3. The molecule has 0 atom stereocenters. The number of rotatable bonds is 8. The van der Waals surface area contributed by atoms with Gasteiger partial charge in [0.1, 0.15) is 18.0 Å². The van der Waals surface area contributed by atoms with Gasteiger partial charge in [-0.25, -0.2) is 31.1 Å². The lowest BCUT2D eigenvalue weighted by molar-refractivity contribution is 0.521. The fraction of sp³-hybridized carbons (Fsp3) is 0.200. The van der Waals surface area contributed by atoms with Crippen LogP contribution in [0.3, 0.4) is 0 Å². The first-order valence-corrected chi connectivity index (χ1v) is 12.4. The summed E-state index contributed by atoms with van der Waals surface area (Å²) < 4.78 is 50.0. The van der Waals surface area contributed by atoms with Crippen LogP contribution in [0, 0.1) is 0 Å². The first kappa shape index (κ1) is 22.7. The Morgan fingerprint density at radius 1 is 0.806 bits per heavy atom. The van der Waals surface area contributed by atoms with Crippen molar-refractivity contribution in [3.63, 3.8) is 0 Å². The van der Waals surface area contributed by atoms with Crippen molar-refractivity contribution in [3.8, 4) is 0 Å². The average molecular weight is 462 g/mol. The summed E-state index contributed by atoms with van der Waals surface area (Å²) in [7, 11) is -3.94. The maximum absolute atomic E-state index is 12.3. The lowest BCUT2D eigenvalue weighted by atomic mass is 10.3. The second kappa shape index (κ2) is 9.00. The zero-order valence-electron chi connectivity index (χ0n) is 17.3. The highest BCUT2D eigenvalue weighted by Gasteiger charge is 2.17. The quantitative estimate of drug-likeness (QED) is 0.525. The number of benzene rings is 2. The molecule has 0 saturated carbocycles. The Hall–Kier alpha value is -3.02. The summed E-state index contributed by atoms with van der Waals surface area (Å²) in [6.45, 7) is 1.59. The van der Waals surface area contributed by atoms with E-state index in [1.54, 1.807) is 49.4 Å². The fourth-order valence-electron chi connectivity index (χ4n) is 2.67. The molecule has 9 nitrogen and oxygen atoms in total. The summed E-state index contributed by atoms with van der Waals surface area (Å²) in [5, 5.41) is 6.12. The fourth-order valence-corrected chi connectivity index (χ4v) is 4.54. The van der Waals surface area contributed by atoms with E-state index < -0.39 is 19.9 Å². The van der Waals surface area contributed by atoms with E-state index in [-0.39, 0.29) is 15.5 Å². The normalized spacial score (nSPS) is 12.0. The van der Waals surface area contributed by atoms with Crippen molar-refractivity contribution in [2.24, 2.45) is 0 Å². The maximum Gasteiger partial charge on any atom is 0.242 e. The Labute approximate surface area is 182 Å². The molecule has 0 aliphatic carbocycles. The summed E-state index contributed by atoms with van der Waals surface area (Å²) in [6, 6.07) is 14.5. The Kier molecular flexibility index (Phi) is 6.58. The number of hydrogen-bond acceptors (Lipinski definition) is 8. The smallest absolute Gasteiger partial charge is 0.242 e. The maximum atomic E-state index is 12.3.